The van der Waals surface area contributed by atoms with Crippen LogP contribution in [0.15, 0.2) is 54.6 Å². The number of amides is 2. The van der Waals surface area contributed by atoms with Crippen LogP contribution >= 0.6 is 11.6 Å². The molecular weight excluding hydrogens is 454 g/mol. The number of carbonyl (C=O) groups excluding carboxylic acids is 3. The van der Waals surface area contributed by atoms with Crippen LogP contribution in [0.25, 0.3) is 5.69 Å². The van der Waals surface area contributed by atoms with Crippen LogP contribution in [-0.4, -0.2) is 69.9 Å². The van der Waals surface area contributed by atoms with Gasteiger partial charge in [-0.05, 0) is 38.1 Å². The summed E-state index contributed by atoms with van der Waals surface area (Å²) in [4.78, 5) is 41.9. The minimum Gasteiger partial charge on any atom is -0.333 e. The molecule has 2 aromatic carbocycles. The molecule has 0 saturated carbocycles. The number of para-hydroxylation sites is 2. The molecule has 2 amide bonds. The van der Waals surface area contributed by atoms with Crippen molar-refractivity contribution in [2.75, 3.05) is 38.0 Å². The number of ketones is 1. The maximum absolute atomic E-state index is 13.1. The van der Waals surface area contributed by atoms with Gasteiger partial charge < -0.3 is 10.2 Å². The summed E-state index contributed by atoms with van der Waals surface area (Å²) in [5, 5.41) is 7.76. The van der Waals surface area contributed by atoms with E-state index < -0.39 is 11.7 Å². The van der Waals surface area contributed by atoms with Crippen LogP contribution < -0.4 is 5.32 Å². The van der Waals surface area contributed by atoms with E-state index in [4.69, 9.17) is 11.6 Å². The first-order chi connectivity index (χ1) is 16.3. The number of halogens is 1. The predicted octanol–water partition coefficient (Wildman–Crippen LogP) is 3.11. The van der Waals surface area contributed by atoms with Crippen molar-refractivity contribution in [2.24, 2.45) is 0 Å². The van der Waals surface area contributed by atoms with E-state index in [1.165, 1.54) is 0 Å². The van der Waals surface area contributed by atoms with Crippen molar-refractivity contribution in [2.45, 2.75) is 13.8 Å². The van der Waals surface area contributed by atoms with Gasteiger partial charge in [0.15, 0.2) is 0 Å². The zero-order chi connectivity index (χ0) is 24.2. The highest BCUT2D eigenvalue weighted by Gasteiger charge is 2.31. The quantitative estimate of drug-likeness (QED) is 0.433. The first kappa shape index (κ1) is 23.7. The Balaban J connectivity index is 1.36. The van der Waals surface area contributed by atoms with Gasteiger partial charge in [0.2, 0.25) is 5.91 Å². The van der Waals surface area contributed by atoms with Gasteiger partial charge in [0.25, 0.3) is 11.7 Å². The van der Waals surface area contributed by atoms with Crippen LogP contribution in [0.4, 0.5) is 5.69 Å². The molecule has 1 aliphatic rings. The number of anilines is 1. The zero-order valence-electron chi connectivity index (χ0n) is 19.1. The van der Waals surface area contributed by atoms with E-state index in [9.17, 15) is 14.4 Å². The van der Waals surface area contributed by atoms with Gasteiger partial charge in [0.1, 0.15) is 0 Å². The Morgan fingerprint density at radius 2 is 1.59 bits per heavy atom. The highest BCUT2D eigenvalue weighted by atomic mass is 35.5. The number of hydrogen-bond acceptors (Lipinski definition) is 5. The van der Waals surface area contributed by atoms with Crippen molar-refractivity contribution in [1.82, 2.24) is 19.6 Å². The van der Waals surface area contributed by atoms with E-state index in [1.54, 1.807) is 47.7 Å². The molecule has 1 aromatic heterocycles. The molecule has 0 radical (unpaired) electrons. The summed E-state index contributed by atoms with van der Waals surface area (Å²) in [6, 6.07) is 16.6. The van der Waals surface area contributed by atoms with E-state index in [0.29, 0.717) is 53.8 Å². The maximum atomic E-state index is 13.1. The lowest BCUT2D eigenvalue weighted by Crippen LogP contribution is -2.52. The number of piperazine rings is 1. The Morgan fingerprint density at radius 3 is 2.26 bits per heavy atom. The largest absolute Gasteiger partial charge is 0.333 e. The lowest BCUT2D eigenvalue weighted by atomic mass is 10.1. The second kappa shape index (κ2) is 10.2. The van der Waals surface area contributed by atoms with Crippen LogP contribution in [0, 0.1) is 13.8 Å². The lowest BCUT2D eigenvalue weighted by Gasteiger charge is -2.33. The van der Waals surface area contributed by atoms with E-state index >= 15 is 0 Å². The van der Waals surface area contributed by atoms with Gasteiger partial charge in [-0.3, -0.25) is 19.3 Å². The summed E-state index contributed by atoms with van der Waals surface area (Å²) in [6.45, 7) is 5.45. The van der Waals surface area contributed by atoms with Crippen LogP contribution in [0.3, 0.4) is 0 Å². The molecule has 3 aromatic rings. The molecule has 1 aliphatic heterocycles. The number of hydrogen-bond donors (Lipinski definition) is 1. The number of benzene rings is 2. The van der Waals surface area contributed by atoms with E-state index in [0.717, 1.165) is 5.69 Å². The first-order valence-corrected chi connectivity index (χ1v) is 11.4. The molecule has 1 N–H and O–H groups in total. The third-order valence-corrected chi connectivity index (χ3v) is 6.22. The predicted molar refractivity (Wildman–Crippen MR) is 130 cm³/mol. The monoisotopic (exact) mass is 479 g/mol. The van der Waals surface area contributed by atoms with Gasteiger partial charge in [0, 0.05) is 26.2 Å². The number of nitrogens with one attached hydrogen (secondary N) is 1. The second-order valence-electron chi connectivity index (χ2n) is 8.22. The van der Waals surface area contributed by atoms with Gasteiger partial charge in [-0.15, -0.1) is 0 Å². The Labute approximate surface area is 203 Å². The number of aromatic nitrogens is 2. The molecule has 0 unspecified atom stereocenters. The Morgan fingerprint density at radius 1 is 0.941 bits per heavy atom. The lowest BCUT2D eigenvalue weighted by molar-refractivity contribution is -0.128. The molecule has 0 aliphatic carbocycles. The molecule has 0 atom stereocenters. The molecule has 9 heteroatoms. The normalized spacial score (nSPS) is 14.1. The third kappa shape index (κ3) is 5.03. The highest BCUT2D eigenvalue weighted by Crippen LogP contribution is 2.21. The number of aryl methyl sites for hydroxylation is 1. The van der Waals surface area contributed by atoms with Crippen molar-refractivity contribution in [3.05, 3.63) is 76.6 Å². The van der Waals surface area contributed by atoms with Crippen molar-refractivity contribution in [3.63, 3.8) is 0 Å². The standard InChI is InChI=1S/C25H26ClN5O3/c1-17-23(18(2)31(28-17)19-8-4-3-5-9-19)24(33)25(34)30-14-12-29(13-15-30)16-22(32)27-21-11-7-6-10-20(21)26/h3-11H,12-16H2,1-2H3,(H,27,32). The van der Waals surface area contributed by atoms with Gasteiger partial charge in [0.05, 0.1) is 39.9 Å². The number of Topliss-reactive ketones (excluding diaryl/α,β-unsaturated/α-hetero) is 1. The maximum Gasteiger partial charge on any atom is 0.295 e. The fourth-order valence-corrected chi connectivity index (χ4v) is 4.29. The van der Waals surface area contributed by atoms with Crippen LogP contribution in [0.5, 0.6) is 0 Å². The van der Waals surface area contributed by atoms with Crippen molar-refractivity contribution in [1.29, 1.82) is 0 Å². The van der Waals surface area contributed by atoms with Gasteiger partial charge in [-0.25, -0.2) is 4.68 Å². The SMILES string of the molecule is Cc1nn(-c2ccccc2)c(C)c1C(=O)C(=O)N1CCN(CC(=O)Nc2ccccc2Cl)CC1. The highest BCUT2D eigenvalue weighted by molar-refractivity contribution is 6.43. The Bertz CT molecular complexity index is 1220. The zero-order valence-corrected chi connectivity index (χ0v) is 19.9. The molecule has 4 rings (SSSR count). The third-order valence-electron chi connectivity index (χ3n) is 5.89. The van der Waals surface area contributed by atoms with Crippen molar-refractivity contribution in [3.8, 4) is 5.69 Å². The summed E-state index contributed by atoms with van der Waals surface area (Å²) < 4.78 is 1.69. The minimum absolute atomic E-state index is 0.177. The Hall–Kier alpha value is -3.49. The number of nitrogens with zero attached hydrogens (tertiary/aromatic N) is 4. The molecule has 8 nitrogen and oxygen atoms in total. The van der Waals surface area contributed by atoms with E-state index in [2.05, 4.69) is 10.4 Å². The number of carbonyl (C=O) groups is 3. The fraction of sp³-hybridized carbons (Fsp3) is 0.280. The molecule has 0 bridgehead atoms. The van der Waals surface area contributed by atoms with Crippen LogP contribution in [0.2, 0.25) is 5.02 Å². The smallest absolute Gasteiger partial charge is 0.295 e. The molecule has 1 fully saturated rings. The summed E-state index contributed by atoms with van der Waals surface area (Å²) in [7, 11) is 0. The van der Waals surface area contributed by atoms with Gasteiger partial charge in [-0.2, -0.15) is 5.10 Å². The van der Waals surface area contributed by atoms with Crippen LogP contribution in [-0.2, 0) is 9.59 Å². The number of rotatable bonds is 6. The van der Waals surface area contributed by atoms with E-state index in [1.807, 2.05) is 35.2 Å². The summed E-state index contributed by atoms with van der Waals surface area (Å²) in [6.07, 6.45) is 0. The summed E-state index contributed by atoms with van der Waals surface area (Å²) >= 11 is 6.09. The minimum atomic E-state index is -0.554. The molecule has 176 valence electrons. The molecule has 2 heterocycles. The molecule has 34 heavy (non-hydrogen) atoms. The molecular formula is C25H26ClN5O3. The second-order valence-corrected chi connectivity index (χ2v) is 8.63. The first-order valence-electron chi connectivity index (χ1n) is 11.1. The van der Waals surface area contributed by atoms with Crippen molar-refractivity contribution >= 4 is 34.9 Å². The van der Waals surface area contributed by atoms with Gasteiger partial charge >= 0.3 is 0 Å². The molecule has 1 saturated heterocycles. The Kier molecular flexibility index (Phi) is 7.09. The van der Waals surface area contributed by atoms with Crippen LogP contribution in [0.1, 0.15) is 21.7 Å². The fourth-order valence-electron chi connectivity index (χ4n) is 4.11. The summed E-state index contributed by atoms with van der Waals surface area (Å²) in [5.74, 6) is -1.27. The van der Waals surface area contributed by atoms with E-state index in [-0.39, 0.29) is 12.5 Å². The average molecular weight is 480 g/mol. The average Bonchev–Trinajstić information content (AvgIpc) is 3.14. The van der Waals surface area contributed by atoms with Gasteiger partial charge in [-0.1, -0.05) is 41.9 Å². The topological polar surface area (TPSA) is 87.5 Å². The molecule has 0 spiro atoms. The summed E-state index contributed by atoms with van der Waals surface area (Å²) in [5.41, 5.74) is 2.90. The van der Waals surface area contributed by atoms with Crippen molar-refractivity contribution < 1.29 is 14.4 Å².